The fourth-order valence-electron chi connectivity index (χ4n) is 2.59. The maximum absolute atomic E-state index is 12.5. The van der Waals surface area contributed by atoms with Gasteiger partial charge in [0.1, 0.15) is 0 Å². The number of nitrogens with one attached hydrogen (secondary N) is 1. The number of hydrogen-bond acceptors (Lipinski definition) is 5. The van der Waals surface area contributed by atoms with Crippen LogP contribution in [0.15, 0.2) is 63.1 Å². The molecule has 0 spiro atoms. The summed E-state index contributed by atoms with van der Waals surface area (Å²) in [7, 11) is -3.59. The average molecular weight is 409 g/mol. The van der Waals surface area contributed by atoms with Crippen LogP contribution in [0.1, 0.15) is 13.3 Å². The molecule has 0 aliphatic heterocycles. The molecule has 0 aliphatic rings. The van der Waals surface area contributed by atoms with Gasteiger partial charge in [0.2, 0.25) is 10.0 Å². The number of aryl methyl sites for hydroxylation is 1. The Morgan fingerprint density at radius 1 is 1.15 bits per heavy atom. The second-order valence-electron chi connectivity index (χ2n) is 5.71. The van der Waals surface area contributed by atoms with E-state index in [1.807, 2.05) is 37.3 Å². The lowest BCUT2D eigenvalue weighted by Crippen LogP contribution is -2.26. The molecule has 138 valence electrons. The number of sulfonamides is 1. The molecule has 26 heavy (non-hydrogen) atoms. The van der Waals surface area contributed by atoms with Gasteiger partial charge in [-0.3, -0.25) is 9.36 Å². The first kappa shape index (κ1) is 19.2. The fourth-order valence-corrected chi connectivity index (χ4v) is 5.60. The zero-order valence-electron chi connectivity index (χ0n) is 14.3. The minimum absolute atomic E-state index is 0.0522. The lowest BCUT2D eigenvalue weighted by Gasteiger charge is -2.07. The minimum atomic E-state index is -3.59. The van der Waals surface area contributed by atoms with Gasteiger partial charge in [-0.2, -0.15) is 0 Å². The Hall–Kier alpha value is -1.61. The molecule has 5 nitrogen and oxygen atoms in total. The second-order valence-corrected chi connectivity index (χ2v) is 9.64. The summed E-state index contributed by atoms with van der Waals surface area (Å²) in [4.78, 5) is 13.3. The predicted molar refractivity (Wildman–Crippen MR) is 109 cm³/mol. The lowest BCUT2D eigenvalue weighted by molar-refractivity contribution is 0.584. The lowest BCUT2D eigenvalue weighted by atomic mass is 10.3. The zero-order valence-corrected chi connectivity index (χ0v) is 16.8. The Morgan fingerprint density at radius 3 is 2.65 bits per heavy atom. The topological polar surface area (TPSA) is 68.2 Å². The van der Waals surface area contributed by atoms with Crippen LogP contribution in [-0.4, -0.2) is 25.3 Å². The van der Waals surface area contributed by atoms with E-state index in [1.165, 1.54) is 0 Å². The molecule has 0 fully saturated rings. The van der Waals surface area contributed by atoms with Crippen molar-refractivity contribution < 1.29 is 8.42 Å². The van der Waals surface area contributed by atoms with Gasteiger partial charge in [-0.15, -0.1) is 11.8 Å². The Kier molecular flexibility index (Phi) is 6.18. The summed E-state index contributed by atoms with van der Waals surface area (Å²) < 4.78 is 30.0. The molecule has 0 atom stereocenters. The first-order chi connectivity index (χ1) is 12.5. The Labute approximate surface area is 161 Å². The molecule has 1 heterocycles. The number of aromatic nitrogens is 1. The smallest absolute Gasteiger partial charge is 0.299 e. The van der Waals surface area contributed by atoms with Crippen molar-refractivity contribution in [2.75, 3.05) is 12.3 Å². The monoisotopic (exact) mass is 408 g/mol. The molecule has 0 unspecified atom stereocenters. The maximum atomic E-state index is 12.5. The third-order valence-electron chi connectivity index (χ3n) is 3.80. The van der Waals surface area contributed by atoms with Crippen molar-refractivity contribution in [1.29, 1.82) is 0 Å². The van der Waals surface area contributed by atoms with Crippen molar-refractivity contribution >= 4 is 43.3 Å². The van der Waals surface area contributed by atoms with E-state index < -0.39 is 10.0 Å². The SMILES string of the molecule is CCCn1c(=O)sc2cc(S(=O)(=O)NCCSc3ccccc3)ccc21. The van der Waals surface area contributed by atoms with Gasteiger partial charge >= 0.3 is 4.87 Å². The number of hydrogen-bond donors (Lipinski definition) is 1. The summed E-state index contributed by atoms with van der Waals surface area (Å²) in [6, 6.07) is 14.7. The van der Waals surface area contributed by atoms with Gasteiger partial charge in [0, 0.05) is 23.7 Å². The highest BCUT2D eigenvalue weighted by Gasteiger charge is 2.16. The summed E-state index contributed by atoms with van der Waals surface area (Å²) >= 11 is 2.69. The van der Waals surface area contributed by atoms with Crippen LogP contribution in [0.4, 0.5) is 0 Å². The summed E-state index contributed by atoms with van der Waals surface area (Å²) in [5.41, 5.74) is 0.792. The van der Waals surface area contributed by atoms with Crippen LogP contribution in [0.25, 0.3) is 10.2 Å². The van der Waals surface area contributed by atoms with E-state index in [-0.39, 0.29) is 9.77 Å². The third-order valence-corrected chi connectivity index (χ3v) is 7.22. The van der Waals surface area contributed by atoms with Gasteiger partial charge in [-0.1, -0.05) is 36.5 Å². The largest absolute Gasteiger partial charge is 0.308 e. The highest BCUT2D eigenvalue weighted by molar-refractivity contribution is 7.99. The molecule has 0 radical (unpaired) electrons. The Morgan fingerprint density at radius 2 is 1.92 bits per heavy atom. The van der Waals surface area contributed by atoms with E-state index in [4.69, 9.17) is 0 Å². The number of rotatable bonds is 8. The molecule has 1 aromatic heterocycles. The van der Waals surface area contributed by atoms with Gasteiger partial charge in [0.05, 0.1) is 15.1 Å². The molecule has 0 amide bonds. The van der Waals surface area contributed by atoms with Crippen LogP contribution >= 0.6 is 23.1 Å². The normalized spacial score (nSPS) is 11.9. The van der Waals surface area contributed by atoms with Crippen molar-refractivity contribution in [3.05, 3.63) is 58.2 Å². The van der Waals surface area contributed by atoms with Gasteiger partial charge in [0.25, 0.3) is 0 Å². The Bertz CT molecular complexity index is 1040. The molecule has 0 saturated heterocycles. The molecule has 3 aromatic rings. The van der Waals surface area contributed by atoms with Gasteiger partial charge in [-0.05, 0) is 36.8 Å². The van der Waals surface area contributed by atoms with Crippen LogP contribution < -0.4 is 9.60 Å². The molecule has 0 aliphatic carbocycles. The molecule has 2 aromatic carbocycles. The quantitative estimate of drug-likeness (QED) is 0.457. The summed E-state index contributed by atoms with van der Waals surface area (Å²) in [5.74, 6) is 0.645. The standard InChI is InChI=1S/C18H20N2O3S3/c1-2-11-20-16-9-8-15(13-17(16)25-18(20)21)26(22,23)19-10-12-24-14-6-4-3-5-7-14/h3-9,13,19H,2,10-12H2,1H3. The van der Waals surface area contributed by atoms with Crippen molar-refractivity contribution in [3.63, 3.8) is 0 Å². The van der Waals surface area contributed by atoms with Crippen LogP contribution in [-0.2, 0) is 16.6 Å². The highest BCUT2D eigenvalue weighted by Crippen LogP contribution is 2.22. The van der Waals surface area contributed by atoms with Gasteiger partial charge < -0.3 is 0 Å². The molecule has 1 N–H and O–H groups in total. The van der Waals surface area contributed by atoms with Crippen molar-refractivity contribution in [2.24, 2.45) is 0 Å². The second kappa shape index (κ2) is 8.39. The van der Waals surface area contributed by atoms with Crippen LogP contribution in [0.2, 0.25) is 0 Å². The van der Waals surface area contributed by atoms with E-state index >= 15 is 0 Å². The molecule has 0 bridgehead atoms. The zero-order chi connectivity index (χ0) is 18.6. The van der Waals surface area contributed by atoms with Crippen molar-refractivity contribution in [3.8, 4) is 0 Å². The number of nitrogens with zero attached hydrogens (tertiary/aromatic N) is 1. The van der Waals surface area contributed by atoms with Crippen LogP contribution in [0.5, 0.6) is 0 Å². The van der Waals surface area contributed by atoms with Gasteiger partial charge in [-0.25, -0.2) is 13.1 Å². The number of benzene rings is 2. The molecular weight excluding hydrogens is 388 g/mol. The third kappa shape index (κ3) is 4.37. The summed E-state index contributed by atoms with van der Waals surface area (Å²) in [6.45, 7) is 2.99. The molecular formula is C18H20N2O3S3. The maximum Gasteiger partial charge on any atom is 0.308 e. The molecule has 0 saturated carbocycles. The average Bonchev–Trinajstić information content (AvgIpc) is 2.95. The van der Waals surface area contributed by atoms with E-state index in [1.54, 1.807) is 34.5 Å². The van der Waals surface area contributed by atoms with Crippen molar-refractivity contribution in [2.45, 2.75) is 29.7 Å². The van der Waals surface area contributed by atoms with Crippen LogP contribution in [0.3, 0.4) is 0 Å². The molecule has 3 rings (SSSR count). The van der Waals surface area contributed by atoms with E-state index in [0.717, 1.165) is 28.2 Å². The highest BCUT2D eigenvalue weighted by atomic mass is 32.2. The minimum Gasteiger partial charge on any atom is -0.299 e. The van der Waals surface area contributed by atoms with Crippen molar-refractivity contribution in [1.82, 2.24) is 9.29 Å². The van der Waals surface area contributed by atoms with E-state index in [2.05, 4.69) is 4.72 Å². The van der Waals surface area contributed by atoms with Gasteiger partial charge in [0.15, 0.2) is 0 Å². The first-order valence-electron chi connectivity index (χ1n) is 8.32. The van der Waals surface area contributed by atoms with Crippen LogP contribution in [0, 0.1) is 0 Å². The summed E-state index contributed by atoms with van der Waals surface area (Å²) in [6.07, 6.45) is 0.854. The fraction of sp³-hybridized carbons (Fsp3) is 0.278. The molecule has 8 heteroatoms. The van der Waals surface area contributed by atoms with E-state index in [0.29, 0.717) is 23.5 Å². The number of thioether (sulfide) groups is 1. The number of thiazole rings is 1. The number of fused-ring (bicyclic) bond motifs is 1. The first-order valence-corrected chi connectivity index (χ1v) is 11.6. The predicted octanol–water partition coefficient (Wildman–Crippen LogP) is 3.54. The van der Waals surface area contributed by atoms with E-state index in [9.17, 15) is 13.2 Å². The summed E-state index contributed by atoms with van der Waals surface area (Å²) in [5, 5.41) is 0. The Balaban J connectivity index is 1.69.